The van der Waals surface area contributed by atoms with Gasteiger partial charge in [-0.1, -0.05) is 42.5 Å². The molecule has 2 rings (SSSR count). The fourth-order valence-corrected chi connectivity index (χ4v) is 1.85. The maximum atomic E-state index is 12.0. The number of nitrogens with two attached hydrogens (primary N) is 1. The molecule has 0 unspecified atom stereocenters. The maximum Gasteiger partial charge on any atom is 0.241 e. The van der Waals surface area contributed by atoms with E-state index in [-0.39, 0.29) is 5.91 Å². The Morgan fingerprint density at radius 3 is 2.40 bits per heavy atom. The maximum absolute atomic E-state index is 12.0. The Hall–Kier alpha value is -2.33. The van der Waals surface area contributed by atoms with E-state index in [4.69, 9.17) is 10.5 Å². The van der Waals surface area contributed by atoms with E-state index in [2.05, 4.69) is 5.32 Å². The lowest BCUT2D eigenvalue weighted by Crippen LogP contribution is -2.33. The summed E-state index contributed by atoms with van der Waals surface area (Å²) < 4.78 is 5.08. The average molecular weight is 270 g/mol. The molecule has 0 spiro atoms. The number of ether oxygens (including phenoxy) is 1. The topological polar surface area (TPSA) is 64.3 Å². The molecule has 1 atom stereocenters. The molecule has 0 aliphatic heterocycles. The summed E-state index contributed by atoms with van der Waals surface area (Å²) in [7, 11) is 1.62. The van der Waals surface area contributed by atoms with Crippen LogP contribution in [0.3, 0.4) is 0 Å². The fraction of sp³-hybridized carbons (Fsp3) is 0.188. The molecule has 20 heavy (non-hydrogen) atoms. The van der Waals surface area contributed by atoms with Gasteiger partial charge in [0.25, 0.3) is 0 Å². The minimum absolute atomic E-state index is 0.188. The van der Waals surface area contributed by atoms with Crippen LogP contribution < -0.4 is 15.8 Å². The summed E-state index contributed by atoms with van der Waals surface area (Å²) in [6, 6.07) is 16.2. The van der Waals surface area contributed by atoms with E-state index in [0.717, 1.165) is 16.9 Å². The Balaban J connectivity index is 1.91. The van der Waals surface area contributed by atoms with Gasteiger partial charge >= 0.3 is 0 Å². The number of nitrogens with one attached hydrogen (secondary N) is 1. The van der Waals surface area contributed by atoms with Crippen molar-refractivity contribution in [2.75, 3.05) is 7.11 Å². The largest absolute Gasteiger partial charge is 0.497 e. The molecule has 0 radical (unpaired) electrons. The van der Waals surface area contributed by atoms with Gasteiger partial charge in [-0.25, -0.2) is 0 Å². The van der Waals surface area contributed by atoms with Crippen LogP contribution in [-0.4, -0.2) is 13.0 Å². The van der Waals surface area contributed by atoms with Gasteiger partial charge in [-0.2, -0.15) is 0 Å². The molecule has 0 aliphatic carbocycles. The minimum Gasteiger partial charge on any atom is -0.497 e. The summed E-state index contributed by atoms with van der Waals surface area (Å²) in [4.78, 5) is 12.0. The van der Waals surface area contributed by atoms with Gasteiger partial charge in [0.1, 0.15) is 11.8 Å². The predicted molar refractivity (Wildman–Crippen MR) is 78.2 cm³/mol. The lowest BCUT2D eigenvalue weighted by molar-refractivity contribution is -0.122. The lowest BCUT2D eigenvalue weighted by Gasteiger charge is -2.12. The van der Waals surface area contributed by atoms with Gasteiger partial charge in [0.05, 0.1) is 7.11 Å². The molecule has 0 saturated carbocycles. The zero-order chi connectivity index (χ0) is 14.4. The van der Waals surface area contributed by atoms with Crippen molar-refractivity contribution in [1.29, 1.82) is 0 Å². The molecule has 0 aliphatic rings. The molecule has 0 bridgehead atoms. The second kappa shape index (κ2) is 6.73. The van der Waals surface area contributed by atoms with E-state index in [1.165, 1.54) is 0 Å². The Morgan fingerprint density at radius 2 is 1.80 bits per heavy atom. The molecule has 0 saturated heterocycles. The molecule has 4 heteroatoms. The normalized spacial score (nSPS) is 11.7. The van der Waals surface area contributed by atoms with Crippen molar-refractivity contribution in [3.8, 4) is 5.75 Å². The number of hydrogen-bond acceptors (Lipinski definition) is 3. The first-order valence-electron chi connectivity index (χ1n) is 6.42. The third kappa shape index (κ3) is 3.59. The predicted octanol–water partition coefficient (Wildman–Crippen LogP) is 2.01. The van der Waals surface area contributed by atoms with Gasteiger partial charge in [-0.15, -0.1) is 0 Å². The van der Waals surface area contributed by atoms with Crippen LogP contribution in [0.2, 0.25) is 0 Å². The lowest BCUT2D eigenvalue weighted by atomic mass is 10.1. The third-order valence-corrected chi connectivity index (χ3v) is 3.07. The first-order chi connectivity index (χ1) is 9.70. The van der Waals surface area contributed by atoms with Gasteiger partial charge in [-0.3, -0.25) is 4.79 Å². The highest BCUT2D eigenvalue weighted by atomic mass is 16.5. The SMILES string of the molecule is COc1ccc(CNC(=O)[C@H](N)c2ccccc2)cc1. The van der Waals surface area contributed by atoms with Crippen molar-refractivity contribution in [2.24, 2.45) is 5.73 Å². The van der Waals surface area contributed by atoms with Crippen LogP contribution >= 0.6 is 0 Å². The number of amides is 1. The zero-order valence-electron chi connectivity index (χ0n) is 11.4. The highest BCUT2D eigenvalue weighted by molar-refractivity contribution is 5.82. The summed E-state index contributed by atoms with van der Waals surface area (Å²) in [6.07, 6.45) is 0. The number of carbonyl (C=O) groups is 1. The van der Waals surface area contributed by atoms with Crippen molar-refractivity contribution >= 4 is 5.91 Å². The molecule has 0 heterocycles. The molecule has 3 N–H and O–H groups in total. The summed E-state index contributed by atoms with van der Waals surface area (Å²) in [6.45, 7) is 0.448. The van der Waals surface area contributed by atoms with Crippen LogP contribution in [0.15, 0.2) is 54.6 Å². The summed E-state index contributed by atoms with van der Waals surface area (Å²) >= 11 is 0. The van der Waals surface area contributed by atoms with Gasteiger partial charge in [0.15, 0.2) is 0 Å². The van der Waals surface area contributed by atoms with E-state index in [9.17, 15) is 4.79 Å². The molecular formula is C16H18N2O2. The molecule has 4 nitrogen and oxygen atoms in total. The molecule has 104 valence electrons. The Bertz CT molecular complexity index is 552. The van der Waals surface area contributed by atoms with Crippen molar-refractivity contribution < 1.29 is 9.53 Å². The van der Waals surface area contributed by atoms with E-state index < -0.39 is 6.04 Å². The van der Waals surface area contributed by atoms with Crippen molar-refractivity contribution in [1.82, 2.24) is 5.32 Å². The van der Waals surface area contributed by atoms with Crippen LogP contribution in [0.1, 0.15) is 17.2 Å². The van der Waals surface area contributed by atoms with Gasteiger partial charge in [-0.05, 0) is 23.3 Å². The molecule has 0 fully saturated rings. The highest BCUT2D eigenvalue weighted by Crippen LogP contribution is 2.12. The standard InChI is InChI=1S/C16H18N2O2/c1-20-14-9-7-12(8-10-14)11-18-16(19)15(17)13-5-3-2-4-6-13/h2-10,15H,11,17H2,1H3,(H,18,19)/t15-/m1/s1. The van der Waals surface area contributed by atoms with Crippen LogP contribution in [0, 0.1) is 0 Å². The first-order valence-corrected chi connectivity index (χ1v) is 6.42. The molecule has 1 amide bonds. The number of methoxy groups -OCH3 is 1. The summed E-state index contributed by atoms with van der Waals surface area (Å²) in [5, 5.41) is 2.83. The molecule has 0 aromatic heterocycles. The van der Waals surface area contributed by atoms with Crippen molar-refractivity contribution in [3.05, 3.63) is 65.7 Å². The van der Waals surface area contributed by atoms with E-state index in [1.54, 1.807) is 7.11 Å². The van der Waals surface area contributed by atoms with Gasteiger partial charge in [0.2, 0.25) is 5.91 Å². The highest BCUT2D eigenvalue weighted by Gasteiger charge is 2.14. The van der Waals surface area contributed by atoms with Crippen LogP contribution in [-0.2, 0) is 11.3 Å². The average Bonchev–Trinajstić information content (AvgIpc) is 2.53. The second-order valence-electron chi connectivity index (χ2n) is 4.45. The molecule has 2 aromatic rings. The van der Waals surface area contributed by atoms with E-state index >= 15 is 0 Å². The zero-order valence-corrected chi connectivity index (χ0v) is 11.4. The number of rotatable bonds is 5. The number of carbonyl (C=O) groups excluding carboxylic acids is 1. The molecular weight excluding hydrogens is 252 g/mol. The van der Waals surface area contributed by atoms with Crippen molar-refractivity contribution in [3.63, 3.8) is 0 Å². The Kier molecular flexibility index (Phi) is 4.74. The van der Waals surface area contributed by atoms with Crippen LogP contribution in [0.25, 0.3) is 0 Å². The second-order valence-corrected chi connectivity index (χ2v) is 4.45. The van der Waals surface area contributed by atoms with E-state index in [1.807, 2.05) is 54.6 Å². The van der Waals surface area contributed by atoms with Crippen molar-refractivity contribution in [2.45, 2.75) is 12.6 Å². The van der Waals surface area contributed by atoms with Gasteiger partial charge in [0, 0.05) is 6.54 Å². The number of hydrogen-bond donors (Lipinski definition) is 2. The smallest absolute Gasteiger partial charge is 0.241 e. The first kappa shape index (κ1) is 14.1. The quantitative estimate of drug-likeness (QED) is 0.873. The Labute approximate surface area is 118 Å². The monoisotopic (exact) mass is 270 g/mol. The minimum atomic E-state index is -0.644. The summed E-state index contributed by atoms with van der Waals surface area (Å²) in [5.41, 5.74) is 7.72. The van der Waals surface area contributed by atoms with E-state index in [0.29, 0.717) is 6.54 Å². The van der Waals surface area contributed by atoms with Crippen LogP contribution in [0.4, 0.5) is 0 Å². The fourth-order valence-electron chi connectivity index (χ4n) is 1.85. The third-order valence-electron chi connectivity index (χ3n) is 3.07. The van der Waals surface area contributed by atoms with Gasteiger partial charge < -0.3 is 15.8 Å². The summed E-state index contributed by atoms with van der Waals surface area (Å²) in [5.74, 6) is 0.605. The van der Waals surface area contributed by atoms with Crippen LogP contribution in [0.5, 0.6) is 5.75 Å². The molecule has 2 aromatic carbocycles. The Morgan fingerprint density at radius 1 is 1.15 bits per heavy atom. The number of benzene rings is 2.